The Morgan fingerprint density at radius 3 is 2.32 bits per heavy atom. The first kappa shape index (κ1) is 24.8. The molecule has 184 valence electrons. The van der Waals surface area contributed by atoms with E-state index >= 15 is 0 Å². The first-order valence-electron chi connectivity index (χ1n) is 11.9. The SMILES string of the molecule is CCOc1cc(/C=C2\N=C(c3ccc(-c4ccccc4)cc3)OC2=O)ccc1OCc1cccc(I)c1. The Morgan fingerprint density at radius 2 is 1.57 bits per heavy atom. The van der Waals surface area contributed by atoms with Gasteiger partial charge in [-0.1, -0.05) is 60.7 Å². The van der Waals surface area contributed by atoms with Crippen molar-refractivity contribution in [3.63, 3.8) is 0 Å². The second-order valence-electron chi connectivity index (χ2n) is 8.34. The predicted octanol–water partition coefficient (Wildman–Crippen LogP) is 7.28. The van der Waals surface area contributed by atoms with Crippen molar-refractivity contribution in [2.75, 3.05) is 6.61 Å². The Balaban J connectivity index is 1.34. The van der Waals surface area contributed by atoms with Gasteiger partial charge in [0, 0.05) is 9.13 Å². The van der Waals surface area contributed by atoms with Gasteiger partial charge in [0.15, 0.2) is 17.2 Å². The first-order valence-corrected chi connectivity index (χ1v) is 13.0. The third-order valence-electron chi connectivity index (χ3n) is 5.71. The molecule has 0 spiro atoms. The molecule has 0 atom stereocenters. The summed E-state index contributed by atoms with van der Waals surface area (Å²) in [6.45, 7) is 2.84. The Bertz CT molecular complexity index is 1480. The molecule has 5 nitrogen and oxygen atoms in total. The smallest absolute Gasteiger partial charge is 0.363 e. The first-order chi connectivity index (χ1) is 18.1. The lowest BCUT2D eigenvalue weighted by molar-refractivity contribution is -0.129. The third kappa shape index (κ3) is 6.09. The summed E-state index contributed by atoms with van der Waals surface area (Å²) in [6.07, 6.45) is 1.69. The molecular formula is C31H24INO4. The van der Waals surface area contributed by atoms with Crippen LogP contribution in [0.1, 0.15) is 23.6 Å². The minimum atomic E-state index is -0.487. The molecule has 0 bridgehead atoms. The average Bonchev–Trinajstić information content (AvgIpc) is 3.29. The highest BCUT2D eigenvalue weighted by Gasteiger charge is 2.24. The lowest BCUT2D eigenvalue weighted by Crippen LogP contribution is -2.05. The number of carbonyl (C=O) groups excluding carboxylic acids is 1. The molecule has 0 unspecified atom stereocenters. The van der Waals surface area contributed by atoms with Gasteiger partial charge >= 0.3 is 5.97 Å². The van der Waals surface area contributed by atoms with E-state index in [-0.39, 0.29) is 5.70 Å². The number of aliphatic imine (C=N–C) groups is 1. The number of nitrogens with zero attached hydrogens (tertiary/aromatic N) is 1. The quantitative estimate of drug-likeness (QED) is 0.121. The highest BCUT2D eigenvalue weighted by atomic mass is 127. The number of hydrogen-bond acceptors (Lipinski definition) is 5. The summed E-state index contributed by atoms with van der Waals surface area (Å²) < 4.78 is 18.5. The lowest BCUT2D eigenvalue weighted by Gasteiger charge is -2.13. The number of rotatable bonds is 8. The van der Waals surface area contributed by atoms with Crippen LogP contribution < -0.4 is 9.47 Å². The maximum atomic E-state index is 12.6. The Hall–Kier alpha value is -3.91. The monoisotopic (exact) mass is 601 g/mol. The van der Waals surface area contributed by atoms with Crippen molar-refractivity contribution in [3.8, 4) is 22.6 Å². The number of cyclic esters (lactones) is 1. The van der Waals surface area contributed by atoms with E-state index in [1.807, 2.05) is 85.8 Å². The topological polar surface area (TPSA) is 57.1 Å². The zero-order valence-corrected chi connectivity index (χ0v) is 22.3. The molecule has 4 aromatic rings. The van der Waals surface area contributed by atoms with Gasteiger partial charge in [-0.25, -0.2) is 9.79 Å². The van der Waals surface area contributed by atoms with E-state index in [0.717, 1.165) is 31.4 Å². The number of carbonyl (C=O) groups is 1. The zero-order valence-electron chi connectivity index (χ0n) is 20.2. The van der Waals surface area contributed by atoms with Gasteiger partial charge in [0.2, 0.25) is 5.90 Å². The standard InChI is InChI=1S/C31H24INO4/c1-2-35-29-19-21(11-16-28(29)36-20-22-7-6-10-26(32)17-22)18-27-31(34)37-30(33-27)25-14-12-24(13-15-25)23-8-4-3-5-9-23/h3-19H,2,20H2,1H3/b27-18-. The van der Waals surface area contributed by atoms with Gasteiger partial charge in [-0.05, 0) is 94.2 Å². The molecule has 0 fully saturated rings. The number of hydrogen-bond donors (Lipinski definition) is 0. The van der Waals surface area contributed by atoms with E-state index in [0.29, 0.717) is 30.6 Å². The van der Waals surface area contributed by atoms with Crippen LogP contribution >= 0.6 is 22.6 Å². The largest absolute Gasteiger partial charge is 0.490 e. The summed E-state index contributed by atoms with van der Waals surface area (Å²) in [6, 6.07) is 31.6. The Kier molecular flexibility index (Phi) is 7.65. The van der Waals surface area contributed by atoms with Crippen LogP contribution in [0.3, 0.4) is 0 Å². The number of benzene rings is 4. The van der Waals surface area contributed by atoms with Crippen molar-refractivity contribution in [2.24, 2.45) is 4.99 Å². The van der Waals surface area contributed by atoms with Crippen molar-refractivity contribution in [3.05, 3.63) is 123 Å². The Morgan fingerprint density at radius 1 is 0.811 bits per heavy atom. The highest BCUT2D eigenvalue weighted by Crippen LogP contribution is 2.31. The fourth-order valence-corrected chi connectivity index (χ4v) is 4.52. The Labute approximate surface area is 229 Å². The van der Waals surface area contributed by atoms with Gasteiger partial charge in [0.1, 0.15) is 6.61 Å². The van der Waals surface area contributed by atoms with Crippen molar-refractivity contribution < 1.29 is 19.0 Å². The van der Waals surface area contributed by atoms with Crippen molar-refractivity contribution in [1.82, 2.24) is 0 Å². The van der Waals surface area contributed by atoms with Crippen molar-refractivity contribution >= 4 is 40.5 Å². The van der Waals surface area contributed by atoms with Gasteiger partial charge in [-0.2, -0.15) is 0 Å². The molecule has 6 heteroatoms. The average molecular weight is 601 g/mol. The summed E-state index contributed by atoms with van der Waals surface area (Å²) in [7, 11) is 0. The van der Waals surface area contributed by atoms with Crippen LogP contribution in [0.4, 0.5) is 0 Å². The maximum Gasteiger partial charge on any atom is 0.363 e. The summed E-state index contributed by atoms with van der Waals surface area (Å²) in [4.78, 5) is 17.0. The molecular weight excluding hydrogens is 577 g/mol. The van der Waals surface area contributed by atoms with Crippen LogP contribution in [-0.2, 0) is 16.1 Å². The van der Waals surface area contributed by atoms with E-state index in [1.54, 1.807) is 6.08 Å². The van der Waals surface area contributed by atoms with Gasteiger partial charge in [-0.3, -0.25) is 0 Å². The molecule has 0 aromatic heterocycles. The van der Waals surface area contributed by atoms with Gasteiger partial charge in [-0.15, -0.1) is 0 Å². The minimum absolute atomic E-state index is 0.233. The van der Waals surface area contributed by atoms with Crippen LogP contribution in [0.25, 0.3) is 17.2 Å². The zero-order chi connectivity index (χ0) is 25.6. The van der Waals surface area contributed by atoms with Gasteiger partial charge in [0.05, 0.1) is 6.61 Å². The molecule has 4 aromatic carbocycles. The summed E-state index contributed by atoms with van der Waals surface area (Å²) in [5.41, 5.74) is 5.02. The molecule has 0 saturated carbocycles. The highest BCUT2D eigenvalue weighted by molar-refractivity contribution is 14.1. The van der Waals surface area contributed by atoms with E-state index in [4.69, 9.17) is 14.2 Å². The molecule has 1 heterocycles. The molecule has 1 aliphatic heterocycles. The van der Waals surface area contributed by atoms with Crippen LogP contribution in [0.2, 0.25) is 0 Å². The van der Waals surface area contributed by atoms with Gasteiger partial charge in [0.25, 0.3) is 0 Å². The van der Waals surface area contributed by atoms with E-state index in [2.05, 4.69) is 45.8 Å². The second-order valence-corrected chi connectivity index (χ2v) is 9.58. The van der Waals surface area contributed by atoms with Gasteiger partial charge < -0.3 is 14.2 Å². The maximum absolute atomic E-state index is 12.6. The molecule has 0 amide bonds. The normalized spacial score (nSPS) is 13.8. The van der Waals surface area contributed by atoms with E-state index < -0.39 is 5.97 Å². The minimum Gasteiger partial charge on any atom is -0.490 e. The third-order valence-corrected chi connectivity index (χ3v) is 6.38. The fraction of sp³-hybridized carbons (Fsp3) is 0.0968. The van der Waals surface area contributed by atoms with E-state index in [9.17, 15) is 4.79 Å². The van der Waals surface area contributed by atoms with Crippen LogP contribution in [-0.4, -0.2) is 18.5 Å². The van der Waals surface area contributed by atoms with Crippen molar-refractivity contribution in [1.29, 1.82) is 0 Å². The molecule has 0 aliphatic carbocycles. The summed E-state index contributed by atoms with van der Waals surface area (Å²) >= 11 is 2.28. The predicted molar refractivity (Wildman–Crippen MR) is 154 cm³/mol. The fourth-order valence-electron chi connectivity index (χ4n) is 3.92. The summed E-state index contributed by atoms with van der Waals surface area (Å²) in [5.74, 6) is 1.05. The number of halogens is 1. The number of ether oxygens (including phenoxy) is 3. The molecule has 0 radical (unpaired) electrons. The molecule has 0 saturated heterocycles. The molecule has 5 rings (SSSR count). The van der Waals surface area contributed by atoms with Crippen LogP contribution in [0.15, 0.2) is 108 Å². The van der Waals surface area contributed by atoms with Crippen LogP contribution in [0, 0.1) is 3.57 Å². The van der Waals surface area contributed by atoms with Crippen molar-refractivity contribution in [2.45, 2.75) is 13.5 Å². The lowest BCUT2D eigenvalue weighted by atomic mass is 10.0. The van der Waals surface area contributed by atoms with E-state index in [1.165, 1.54) is 0 Å². The number of esters is 1. The molecule has 0 N–H and O–H groups in total. The molecule has 37 heavy (non-hydrogen) atoms. The van der Waals surface area contributed by atoms with Crippen LogP contribution in [0.5, 0.6) is 11.5 Å². The molecule has 1 aliphatic rings. The second kappa shape index (κ2) is 11.4. The summed E-state index contributed by atoms with van der Waals surface area (Å²) in [5, 5.41) is 0.